The lowest BCUT2D eigenvalue weighted by atomic mass is 10.1. The van der Waals surface area contributed by atoms with Crippen LogP contribution in [-0.4, -0.2) is 45.0 Å². The number of aryl methyl sites for hydroxylation is 2. The van der Waals surface area contributed by atoms with Gasteiger partial charge >= 0.3 is 0 Å². The number of thiazole rings is 1. The number of fused-ring (bicyclic) bond motifs is 2. The van der Waals surface area contributed by atoms with Crippen LogP contribution in [0.5, 0.6) is 5.19 Å². The van der Waals surface area contributed by atoms with Gasteiger partial charge in [-0.3, -0.25) is 9.78 Å². The summed E-state index contributed by atoms with van der Waals surface area (Å²) >= 11 is 1.60. The van der Waals surface area contributed by atoms with Crippen molar-refractivity contribution in [2.24, 2.45) is 0 Å². The molecule has 4 aromatic rings. The summed E-state index contributed by atoms with van der Waals surface area (Å²) in [6.07, 6.45) is 3.19. The number of ether oxygens (including phenoxy) is 1. The standard InChI is InChI=1S/C23H22N4O2S/c1-14-7-8-15(2)21-20(14)26-23(30-21)29-16-9-11-27(12-10-16)22(28)19-13-24-17-5-3-4-6-18(17)25-19/h3-8,13,16H,9-12H2,1-2H3. The number of rotatable bonds is 3. The molecule has 1 fully saturated rings. The Balaban J connectivity index is 1.25. The van der Waals surface area contributed by atoms with Gasteiger partial charge in [-0.05, 0) is 37.1 Å². The molecule has 1 amide bonds. The van der Waals surface area contributed by atoms with Crippen LogP contribution in [0, 0.1) is 13.8 Å². The van der Waals surface area contributed by atoms with E-state index < -0.39 is 0 Å². The topological polar surface area (TPSA) is 68.2 Å². The second-order valence-corrected chi connectivity index (χ2v) is 8.67. The highest BCUT2D eigenvalue weighted by Crippen LogP contribution is 2.33. The number of hydrogen-bond acceptors (Lipinski definition) is 6. The lowest BCUT2D eigenvalue weighted by Gasteiger charge is -2.31. The molecular weight excluding hydrogens is 396 g/mol. The molecule has 0 N–H and O–H groups in total. The van der Waals surface area contributed by atoms with E-state index in [1.807, 2.05) is 29.2 Å². The zero-order chi connectivity index (χ0) is 20.7. The average molecular weight is 419 g/mol. The zero-order valence-electron chi connectivity index (χ0n) is 17.0. The number of likely N-dealkylation sites (tertiary alicyclic amines) is 1. The van der Waals surface area contributed by atoms with Gasteiger partial charge in [0.2, 0.25) is 0 Å². The van der Waals surface area contributed by atoms with Crippen LogP contribution >= 0.6 is 11.3 Å². The van der Waals surface area contributed by atoms with Gasteiger partial charge in [-0.2, -0.15) is 0 Å². The smallest absolute Gasteiger partial charge is 0.274 e. The van der Waals surface area contributed by atoms with E-state index in [9.17, 15) is 4.79 Å². The molecule has 152 valence electrons. The predicted molar refractivity (Wildman–Crippen MR) is 118 cm³/mol. The van der Waals surface area contributed by atoms with Gasteiger partial charge in [-0.1, -0.05) is 35.6 Å². The van der Waals surface area contributed by atoms with Crippen molar-refractivity contribution in [1.82, 2.24) is 19.9 Å². The van der Waals surface area contributed by atoms with E-state index in [-0.39, 0.29) is 12.0 Å². The number of piperidine rings is 1. The Morgan fingerprint density at radius 3 is 2.53 bits per heavy atom. The van der Waals surface area contributed by atoms with Gasteiger partial charge in [-0.15, -0.1) is 0 Å². The van der Waals surface area contributed by atoms with Crippen LogP contribution in [0.15, 0.2) is 42.6 Å². The molecule has 1 aliphatic heterocycles. The average Bonchev–Trinajstić information content (AvgIpc) is 3.21. The van der Waals surface area contributed by atoms with Crippen LogP contribution in [0.1, 0.15) is 34.5 Å². The van der Waals surface area contributed by atoms with Gasteiger partial charge in [0.05, 0.1) is 27.4 Å². The fourth-order valence-corrected chi connectivity index (χ4v) is 4.86. The van der Waals surface area contributed by atoms with Crippen molar-refractivity contribution in [3.63, 3.8) is 0 Å². The molecule has 5 rings (SSSR count). The largest absolute Gasteiger partial charge is 0.467 e. The van der Waals surface area contributed by atoms with Gasteiger partial charge in [-0.25, -0.2) is 9.97 Å². The Kier molecular flexibility index (Phi) is 4.83. The SMILES string of the molecule is Cc1ccc(C)c2sc(OC3CCN(C(=O)c4cnc5ccccc5n4)CC3)nc12. The first kappa shape index (κ1) is 18.9. The van der Waals surface area contributed by atoms with Crippen LogP contribution < -0.4 is 4.74 Å². The number of para-hydroxylation sites is 2. The highest BCUT2D eigenvalue weighted by atomic mass is 32.1. The summed E-state index contributed by atoms with van der Waals surface area (Å²) in [6, 6.07) is 11.8. The molecule has 30 heavy (non-hydrogen) atoms. The quantitative estimate of drug-likeness (QED) is 0.489. The monoisotopic (exact) mass is 418 g/mol. The molecule has 6 nitrogen and oxygen atoms in total. The molecule has 0 aliphatic carbocycles. The lowest BCUT2D eigenvalue weighted by molar-refractivity contribution is 0.0590. The van der Waals surface area contributed by atoms with Gasteiger partial charge in [0.1, 0.15) is 11.8 Å². The van der Waals surface area contributed by atoms with Crippen LogP contribution in [0.4, 0.5) is 0 Å². The van der Waals surface area contributed by atoms with E-state index in [1.165, 1.54) is 15.8 Å². The van der Waals surface area contributed by atoms with Gasteiger partial charge in [0, 0.05) is 25.9 Å². The predicted octanol–water partition coefficient (Wildman–Crippen LogP) is 4.54. The summed E-state index contributed by atoms with van der Waals surface area (Å²) in [5, 5.41) is 0.715. The molecule has 0 unspecified atom stereocenters. The molecule has 7 heteroatoms. The first-order valence-electron chi connectivity index (χ1n) is 10.1. The molecule has 2 aromatic heterocycles. The summed E-state index contributed by atoms with van der Waals surface area (Å²) < 4.78 is 7.37. The van der Waals surface area contributed by atoms with E-state index in [2.05, 4.69) is 35.9 Å². The van der Waals surface area contributed by atoms with E-state index in [1.54, 1.807) is 17.5 Å². The van der Waals surface area contributed by atoms with Crippen LogP contribution in [0.3, 0.4) is 0 Å². The first-order chi connectivity index (χ1) is 14.6. The number of hydrogen-bond donors (Lipinski definition) is 0. The zero-order valence-corrected chi connectivity index (χ0v) is 17.8. The van der Waals surface area contributed by atoms with Gasteiger partial charge in [0.25, 0.3) is 11.1 Å². The van der Waals surface area contributed by atoms with Crippen molar-refractivity contribution in [3.8, 4) is 5.19 Å². The molecule has 1 aliphatic rings. The minimum atomic E-state index is -0.0714. The van der Waals surface area contributed by atoms with Crippen molar-refractivity contribution in [2.75, 3.05) is 13.1 Å². The Labute approximate surface area is 178 Å². The Morgan fingerprint density at radius 1 is 1.03 bits per heavy atom. The normalized spacial score (nSPS) is 15.1. The highest BCUT2D eigenvalue weighted by Gasteiger charge is 2.26. The molecule has 0 atom stereocenters. The maximum Gasteiger partial charge on any atom is 0.274 e. The van der Waals surface area contributed by atoms with Crippen molar-refractivity contribution in [2.45, 2.75) is 32.8 Å². The number of nitrogens with zero attached hydrogens (tertiary/aromatic N) is 4. The summed E-state index contributed by atoms with van der Waals surface area (Å²) in [7, 11) is 0. The Bertz CT molecular complexity index is 1210. The molecule has 0 saturated carbocycles. The van der Waals surface area contributed by atoms with Crippen LogP contribution in [-0.2, 0) is 0 Å². The van der Waals surface area contributed by atoms with Crippen molar-refractivity contribution < 1.29 is 9.53 Å². The molecule has 0 spiro atoms. The number of aromatic nitrogens is 3. The van der Waals surface area contributed by atoms with E-state index in [0.29, 0.717) is 24.0 Å². The molecule has 0 bridgehead atoms. The lowest BCUT2D eigenvalue weighted by Crippen LogP contribution is -2.42. The molecule has 3 heterocycles. The number of amides is 1. The first-order valence-corrected chi connectivity index (χ1v) is 10.9. The minimum Gasteiger partial charge on any atom is -0.467 e. The third kappa shape index (κ3) is 3.50. The van der Waals surface area contributed by atoms with Crippen LogP contribution in [0.2, 0.25) is 0 Å². The summed E-state index contributed by atoms with van der Waals surface area (Å²) in [5.41, 5.74) is 5.34. The summed E-state index contributed by atoms with van der Waals surface area (Å²) in [6.45, 7) is 5.45. The minimum absolute atomic E-state index is 0.0675. The third-order valence-corrected chi connectivity index (χ3v) is 6.67. The molecular formula is C23H22N4O2S. The third-order valence-electron chi connectivity index (χ3n) is 5.59. The maximum atomic E-state index is 12.9. The Hall–Kier alpha value is -3.06. The highest BCUT2D eigenvalue weighted by molar-refractivity contribution is 7.20. The van der Waals surface area contributed by atoms with Crippen molar-refractivity contribution in [1.29, 1.82) is 0 Å². The fourth-order valence-electron chi connectivity index (χ4n) is 3.83. The van der Waals surface area contributed by atoms with Crippen molar-refractivity contribution in [3.05, 3.63) is 59.4 Å². The molecule has 2 aromatic carbocycles. The van der Waals surface area contributed by atoms with Gasteiger partial charge < -0.3 is 9.64 Å². The summed E-state index contributed by atoms with van der Waals surface area (Å²) in [4.78, 5) is 28.3. The second kappa shape index (κ2) is 7.65. The van der Waals surface area contributed by atoms with E-state index in [0.717, 1.165) is 29.4 Å². The van der Waals surface area contributed by atoms with E-state index in [4.69, 9.17) is 9.72 Å². The summed E-state index contributed by atoms with van der Waals surface area (Å²) in [5.74, 6) is -0.0714. The molecule has 1 saturated heterocycles. The molecule has 0 radical (unpaired) electrons. The van der Waals surface area contributed by atoms with E-state index >= 15 is 0 Å². The number of carbonyl (C=O) groups is 1. The number of carbonyl (C=O) groups excluding carboxylic acids is 1. The Morgan fingerprint density at radius 2 is 1.77 bits per heavy atom. The second-order valence-electron chi connectivity index (χ2n) is 7.71. The van der Waals surface area contributed by atoms with Crippen LogP contribution in [0.25, 0.3) is 21.3 Å². The number of benzene rings is 2. The van der Waals surface area contributed by atoms with Crippen molar-refractivity contribution >= 4 is 38.5 Å². The maximum absolute atomic E-state index is 12.9. The fraction of sp³-hybridized carbons (Fsp3) is 0.304. The van der Waals surface area contributed by atoms with Gasteiger partial charge in [0.15, 0.2) is 0 Å².